The van der Waals surface area contributed by atoms with Gasteiger partial charge in [0, 0.05) is 22.2 Å². The molecule has 3 rings (SSSR count). The number of aromatic nitrogens is 1. The third kappa shape index (κ3) is 3.22. The quantitative estimate of drug-likeness (QED) is 0.788. The third-order valence-corrected chi connectivity index (χ3v) is 4.42. The lowest BCUT2D eigenvalue weighted by atomic mass is 10.0. The van der Waals surface area contributed by atoms with Gasteiger partial charge in [0.1, 0.15) is 5.58 Å². The number of nitrogens with zero attached hydrogens (tertiary/aromatic N) is 1. The van der Waals surface area contributed by atoms with E-state index in [-0.39, 0.29) is 12.3 Å². The molecular formula is C18H17ClN2O2. The number of benzene rings is 1. The average Bonchev–Trinajstić information content (AvgIpc) is 2.94. The molecule has 0 aliphatic carbocycles. The maximum Gasteiger partial charge on any atom is 0.224 e. The molecule has 0 fully saturated rings. The fourth-order valence-electron chi connectivity index (χ4n) is 2.67. The smallest absolute Gasteiger partial charge is 0.224 e. The Balaban J connectivity index is 1.76. The summed E-state index contributed by atoms with van der Waals surface area (Å²) in [6.45, 7) is 4.30. The van der Waals surface area contributed by atoms with E-state index in [2.05, 4.69) is 10.3 Å². The second-order valence-corrected chi connectivity index (χ2v) is 5.92. The van der Waals surface area contributed by atoms with E-state index in [0.717, 1.165) is 33.4 Å². The molecule has 0 saturated carbocycles. The Hall–Kier alpha value is -2.33. The van der Waals surface area contributed by atoms with Crippen LogP contribution in [-0.4, -0.2) is 10.9 Å². The molecule has 118 valence electrons. The van der Waals surface area contributed by atoms with Gasteiger partial charge < -0.3 is 9.73 Å². The van der Waals surface area contributed by atoms with E-state index in [0.29, 0.717) is 11.6 Å². The maximum absolute atomic E-state index is 12.2. The van der Waals surface area contributed by atoms with E-state index in [1.807, 2.05) is 38.1 Å². The van der Waals surface area contributed by atoms with Crippen molar-refractivity contribution in [1.82, 2.24) is 10.3 Å². The summed E-state index contributed by atoms with van der Waals surface area (Å²) in [5, 5.41) is 4.51. The van der Waals surface area contributed by atoms with E-state index < -0.39 is 0 Å². The minimum Gasteiger partial charge on any atom is -0.464 e. The van der Waals surface area contributed by atoms with E-state index in [1.165, 1.54) is 0 Å². The van der Waals surface area contributed by atoms with Crippen LogP contribution in [0, 0.1) is 13.8 Å². The summed E-state index contributed by atoms with van der Waals surface area (Å²) >= 11 is 6.31. The van der Waals surface area contributed by atoms with Crippen LogP contribution in [0.3, 0.4) is 0 Å². The summed E-state index contributed by atoms with van der Waals surface area (Å²) in [6.07, 6.45) is 3.59. The van der Waals surface area contributed by atoms with Crippen molar-refractivity contribution in [2.24, 2.45) is 0 Å². The van der Waals surface area contributed by atoms with Crippen molar-refractivity contribution in [2.45, 2.75) is 26.8 Å². The van der Waals surface area contributed by atoms with E-state index >= 15 is 0 Å². The molecule has 0 radical (unpaired) electrons. The van der Waals surface area contributed by atoms with E-state index in [4.69, 9.17) is 16.0 Å². The summed E-state index contributed by atoms with van der Waals surface area (Å²) in [5.74, 6) is -0.0746. The highest BCUT2D eigenvalue weighted by Gasteiger charge is 2.15. The molecule has 23 heavy (non-hydrogen) atoms. The first-order chi connectivity index (χ1) is 11.1. The zero-order valence-corrected chi connectivity index (χ0v) is 13.8. The number of fused-ring (bicyclic) bond motifs is 1. The molecular weight excluding hydrogens is 312 g/mol. The minimum atomic E-state index is -0.0746. The highest BCUT2D eigenvalue weighted by atomic mass is 35.5. The SMILES string of the molecule is Cc1cc2occ(CC(=O)NCc3ccccn3)c2c(C)c1Cl. The van der Waals surface area contributed by atoms with Crippen LogP contribution in [0.25, 0.3) is 11.0 Å². The van der Waals surface area contributed by atoms with Crippen molar-refractivity contribution in [3.05, 3.63) is 64.1 Å². The lowest BCUT2D eigenvalue weighted by molar-refractivity contribution is -0.120. The van der Waals surface area contributed by atoms with Crippen LogP contribution in [0.15, 0.2) is 41.1 Å². The zero-order valence-electron chi connectivity index (χ0n) is 13.0. The van der Waals surface area contributed by atoms with E-state index in [9.17, 15) is 4.79 Å². The van der Waals surface area contributed by atoms with Gasteiger partial charge in [-0.3, -0.25) is 9.78 Å². The van der Waals surface area contributed by atoms with Gasteiger partial charge in [-0.25, -0.2) is 0 Å². The summed E-state index contributed by atoms with van der Waals surface area (Å²) in [5.41, 5.74) is 4.35. The van der Waals surface area contributed by atoms with Crippen molar-refractivity contribution in [3.8, 4) is 0 Å². The molecule has 2 aromatic heterocycles. The highest BCUT2D eigenvalue weighted by molar-refractivity contribution is 6.33. The van der Waals surface area contributed by atoms with Gasteiger partial charge in [0.15, 0.2) is 0 Å². The summed E-state index contributed by atoms with van der Waals surface area (Å²) in [7, 11) is 0. The molecule has 0 bridgehead atoms. The van der Waals surface area contributed by atoms with E-state index in [1.54, 1.807) is 12.5 Å². The number of pyridine rings is 1. The maximum atomic E-state index is 12.2. The molecule has 1 amide bonds. The molecule has 0 aliphatic rings. The second kappa shape index (κ2) is 6.42. The number of furan rings is 1. The van der Waals surface area contributed by atoms with Gasteiger partial charge in [-0.1, -0.05) is 17.7 Å². The third-order valence-electron chi connectivity index (χ3n) is 3.84. The Bertz CT molecular complexity index is 856. The fourth-order valence-corrected chi connectivity index (χ4v) is 2.81. The molecule has 0 unspecified atom stereocenters. The lowest BCUT2D eigenvalue weighted by Gasteiger charge is -2.07. The molecule has 0 spiro atoms. The number of halogens is 1. The number of hydrogen-bond acceptors (Lipinski definition) is 3. The molecule has 5 heteroatoms. The number of hydrogen-bond donors (Lipinski definition) is 1. The van der Waals surface area contributed by atoms with Crippen LogP contribution < -0.4 is 5.32 Å². The number of carbonyl (C=O) groups is 1. The van der Waals surface area contributed by atoms with Crippen LogP contribution in [0.2, 0.25) is 5.02 Å². The zero-order chi connectivity index (χ0) is 16.4. The van der Waals surface area contributed by atoms with Crippen molar-refractivity contribution < 1.29 is 9.21 Å². The number of nitrogens with one attached hydrogen (secondary N) is 1. The Morgan fingerprint density at radius 1 is 1.35 bits per heavy atom. The first-order valence-corrected chi connectivity index (χ1v) is 7.76. The summed E-state index contributed by atoms with van der Waals surface area (Å²) < 4.78 is 5.58. The summed E-state index contributed by atoms with van der Waals surface area (Å²) in [6, 6.07) is 7.52. The normalized spacial score (nSPS) is 10.9. The van der Waals surface area contributed by atoms with Crippen LogP contribution in [0.1, 0.15) is 22.4 Å². The predicted octanol–water partition coefficient (Wildman–Crippen LogP) is 3.96. The van der Waals surface area contributed by atoms with Gasteiger partial charge in [0.05, 0.1) is 24.9 Å². The Morgan fingerprint density at radius 2 is 2.17 bits per heavy atom. The monoisotopic (exact) mass is 328 g/mol. The van der Waals surface area contributed by atoms with Gasteiger partial charge in [-0.05, 0) is 43.2 Å². The first kappa shape index (κ1) is 15.6. The van der Waals surface area contributed by atoms with Crippen LogP contribution >= 0.6 is 11.6 Å². The number of rotatable bonds is 4. The average molecular weight is 329 g/mol. The molecule has 0 atom stereocenters. The molecule has 2 heterocycles. The molecule has 1 N–H and O–H groups in total. The number of carbonyl (C=O) groups excluding carboxylic acids is 1. The fraction of sp³-hybridized carbons (Fsp3) is 0.222. The number of amides is 1. The van der Waals surface area contributed by atoms with Crippen molar-refractivity contribution >= 4 is 28.5 Å². The largest absolute Gasteiger partial charge is 0.464 e. The lowest BCUT2D eigenvalue weighted by Crippen LogP contribution is -2.24. The van der Waals surface area contributed by atoms with Crippen LogP contribution in [0.5, 0.6) is 0 Å². The van der Waals surface area contributed by atoms with Gasteiger partial charge in [0.2, 0.25) is 5.91 Å². The highest BCUT2D eigenvalue weighted by Crippen LogP contribution is 2.32. The first-order valence-electron chi connectivity index (χ1n) is 7.38. The Labute approximate surface area is 139 Å². The van der Waals surface area contributed by atoms with Crippen molar-refractivity contribution in [1.29, 1.82) is 0 Å². The standard InChI is InChI=1S/C18H17ClN2O2/c1-11-7-15-17(12(2)18(11)19)13(10-23-15)8-16(22)21-9-14-5-3-4-6-20-14/h3-7,10H,8-9H2,1-2H3,(H,21,22). The van der Waals surface area contributed by atoms with Gasteiger partial charge >= 0.3 is 0 Å². The molecule has 0 aliphatic heterocycles. The second-order valence-electron chi connectivity index (χ2n) is 5.54. The predicted molar refractivity (Wildman–Crippen MR) is 90.5 cm³/mol. The Kier molecular flexibility index (Phi) is 4.35. The van der Waals surface area contributed by atoms with Crippen LogP contribution in [-0.2, 0) is 17.8 Å². The molecule has 0 saturated heterocycles. The van der Waals surface area contributed by atoms with Crippen molar-refractivity contribution in [3.63, 3.8) is 0 Å². The molecule has 4 nitrogen and oxygen atoms in total. The van der Waals surface area contributed by atoms with Crippen LogP contribution in [0.4, 0.5) is 0 Å². The minimum absolute atomic E-state index is 0.0746. The van der Waals surface area contributed by atoms with Crippen molar-refractivity contribution in [2.75, 3.05) is 0 Å². The topological polar surface area (TPSA) is 55.1 Å². The van der Waals surface area contributed by atoms with Gasteiger partial charge in [-0.15, -0.1) is 0 Å². The van der Waals surface area contributed by atoms with Gasteiger partial charge in [0.25, 0.3) is 0 Å². The summed E-state index contributed by atoms with van der Waals surface area (Å²) in [4.78, 5) is 16.4. The molecule has 3 aromatic rings. The number of aryl methyl sites for hydroxylation is 2. The molecule has 1 aromatic carbocycles. The van der Waals surface area contributed by atoms with Gasteiger partial charge in [-0.2, -0.15) is 0 Å². The Morgan fingerprint density at radius 3 is 2.91 bits per heavy atom.